The highest BCUT2D eigenvalue weighted by Crippen LogP contribution is 2.33. The monoisotopic (exact) mass is 294 g/mol. The van der Waals surface area contributed by atoms with Crippen LogP contribution in [-0.4, -0.2) is 5.66 Å². The summed E-state index contributed by atoms with van der Waals surface area (Å²) in [6.45, 7) is 4.30. The van der Waals surface area contributed by atoms with Crippen LogP contribution in [0.5, 0.6) is 0 Å². The van der Waals surface area contributed by atoms with Crippen LogP contribution < -0.4 is 10.6 Å². The van der Waals surface area contributed by atoms with Gasteiger partial charge in [-0.3, -0.25) is 0 Å². The number of benzene rings is 2. The van der Waals surface area contributed by atoms with Gasteiger partial charge in [-0.05, 0) is 63.3 Å². The predicted molar refractivity (Wildman–Crippen MR) is 95.4 cm³/mol. The molecular weight excluding hydrogens is 268 g/mol. The molecule has 1 saturated carbocycles. The standard InChI is InChI=1S/C20H26N2/c1-16-10-12-18(13-11-16)21-20(14-6-3-7-15-20)22-19-9-5-4-8-17(19)2/h4-5,8-13,21-22H,3,6-7,14-15H2,1-2H3. The smallest absolute Gasteiger partial charge is 0.108 e. The van der Waals surface area contributed by atoms with Crippen molar-refractivity contribution in [3.8, 4) is 0 Å². The van der Waals surface area contributed by atoms with E-state index in [-0.39, 0.29) is 5.66 Å². The average Bonchev–Trinajstić information content (AvgIpc) is 2.53. The Balaban J connectivity index is 1.84. The lowest BCUT2D eigenvalue weighted by Gasteiger charge is -2.41. The molecule has 0 saturated heterocycles. The van der Waals surface area contributed by atoms with Crippen molar-refractivity contribution in [2.24, 2.45) is 0 Å². The second-order valence-corrected chi connectivity index (χ2v) is 6.57. The Morgan fingerprint density at radius 2 is 1.45 bits per heavy atom. The van der Waals surface area contributed by atoms with E-state index in [4.69, 9.17) is 0 Å². The maximum atomic E-state index is 3.81. The van der Waals surface area contributed by atoms with E-state index in [1.807, 2.05) is 0 Å². The summed E-state index contributed by atoms with van der Waals surface area (Å²) in [4.78, 5) is 0. The van der Waals surface area contributed by atoms with E-state index in [1.54, 1.807) is 0 Å². The lowest BCUT2D eigenvalue weighted by Crippen LogP contribution is -2.47. The highest BCUT2D eigenvalue weighted by atomic mass is 15.2. The zero-order valence-corrected chi connectivity index (χ0v) is 13.7. The fraction of sp³-hybridized carbons (Fsp3) is 0.400. The molecule has 3 rings (SSSR count). The molecular formula is C20H26N2. The van der Waals surface area contributed by atoms with Gasteiger partial charge in [-0.15, -0.1) is 0 Å². The number of nitrogens with one attached hydrogen (secondary N) is 2. The van der Waals surface area contributed by atoms with Crippen molar-refractivity contribution in [2.45, 2.75) is 51.6 Å². The summed E-state index contributed by atoms with van der Waals surface area (Å²) >= 11 is 0. The molecule has 2 nitrogen and oxygen atoms in total. The van der Waals surface area contributed by atoms with Crippen LogP contribution in [0.15, 0.2) is 48.5 Å². The minimum Gasteiger partial charge on any atom is -0.363 e. The van der Waals surface area contributed by atoms with E-state index < -0.39 is 0 Å². The Morgan fingerprint density at radius 3 is 2.14 bits per heavy atom. The molecule has 0 heterocycles. The zero-order valence-electron chi connectivity index (χ0n) is 13.7. The molecule has 2 aromatic rings. The zero-order chi connectivity index (χ0) is 15.4. The molecule has 0 spiro atoms. The van der Waals surface area contributed by atoms with Crippen LogP contribution in [0.2, 0.25) is 0 Å². The van der Waals surface area contributed by atoms with Gasteiger partial charge in [-0.2, -0.15) is 0 Å². The van der Waals surface area contributed by atoms with Gasteiger partial charge in [0.1, 0.15) is 5.66 Å². The predicted octanol–water partition coefficient (Wildman–Crippen LogP) is 5.49. The fourth-order valence-electron chi connectivity index (χ4n) is 3.32. The van der Waals surface area contributed by atoms with Gasteiger partial charge in [-0.1, -0.05) is 42.3 Å². The van der Waals surface area contributed by atoms with Crippen LogP contribution in [-0.2, 0) is 0 Å². The molecule has 0 amide bonds. The van der Waals surface area contributed by atoms with Crippen molar-refractivity contribution in [2.75, 3.05) is 10.6 Å². The van der Waals surface area contributed by atoms with Crippen molar-refractivity contribution in [1.29, 1.82) is 0 Å². The van der Waals surface area contributed by atoms with Gasteiger partial charge in [0.2, 0.25) is 0 Å². The van der Waals surface area contributed by atoms with Crippen LogP contribution >= 0.6 is 0 Å². The lowest BCUT2D eigenvalue weighted by molar-refractivity contribution is 0.359. The Morgan fingerprint density at radius 1 is 0.773 bits per heavy atom. The van der Waals surface area contributed by atoms with E-state index in [2.05, 4.69) is 73.0 Å². The summed E-state index contributed by atoms with van der Waals surface area (Å²) in [5.74, 6) is 0. The summed E-state index contributed by atoms with van der Waals surface area (Å²) < 4.78 is 0. The maximum absolute atomic E-state index is 3.81. The van der Waals surface area contributed by atoms with E-state index in [0.29, 0.717) is 0 Å². The van der Waals surface area contributed by atoms with Crippen molar-refractivity contribution in [3.05, 3.63) is 59.7 Å². The molecule has 0 aromatic heterocycles. The van der Waals surface area contributed by atoms with E-state index in [1.165, 1.54) is 41.8 Å². The van der Waals surface area contributed by atoms with Crippen LogP contribution in [0.25, 0.3) is 0 Å². The van der Waals surface area contributed by atoms with Gasteiger partial charge in [0.15, 0.2) is 0 Å². The molecule has 0 radical (unpaired) electrons. The first-order valence-corrected chi connectivity index (χ1v) is 8.36. The third-order valence-electron chi connectivity index (χ3n) is 4.66. The summed E-state index contributed by atoms with van der Waals surface area (Å²) in [6.07, 6.45) is 6.21. The van der Waals surface area contributed by atoms with E-state index in [0.717, 1.165) is 12.8 Å². The van der Waals surface area contributed by atoms with E-state index in [9.17, 15) is 0 Å². The third-order valence-corrected chi connectivity index (χ3v) is 4.66. The molecule has 0 unspecified atom stereocenters. The van der Waals surface area contributed by atoms with Crippen LogP contribution in [0.1, 0.15) is 43.2 Å². The van der Waals surface area contributed by atoms with Gasteiger partial charge < -0.3 is 10.6 Å². The van der Waals surface area contributed by atoms with E-state index >= 15 is 0 Å². The summed E-state index contributed by atoms with van der Waals surface area (Å²) in [7, 11) is 0. The number of hydrogen-bond acceptors (Lipinski definition) is 2. The fourth-order valence-corrected chi connectivity index (χ4v) is 3.32. The van der Waals surface area contributed by atoms with Crippen LogP contribution in [0, 0.1) is 13.8 Å². The molecule has 22 heavy (non-hydrogen) atoms. The first kappa shape index (κ1) is 15.0. The van der Waals surface area contributed by atoms with Gasteiger partial charge in [0.25, 0.3) is 0 Å². The Bertz CT molecular complexity index is 610. The number of para-hydroxylation sites is 1. The molecule has 116 valence electrons. The molecule has 1 fully saturated rings. The minimum absolute atomic E-state index is 0.0282. The van der Waals surface area contributed by atoms with Gasteiger partial charge in [-0.25, -0.2) is 0 Å². The van der Waals surface area contributed by atoms with Gasteiger partial charge >= 0.3 is 0 Å². The molecule has 2 heteroatoms. The van der Waals surface area contributed by atoms with Crippen molar-refractivity contribution in [1.82, 2.24) is 0 Å². The van der Waals surface area contributed by atoms with Crippen molar-refractivity contribution >= 4 is 11.4 Å². The second-order valence-electron chi connectivity index (χ2n) is 6.57. The van der Waals surface area contributed by atoms with Gasteiger partial charge in [0, 0.05) is 11.4 Å². The number of hydrogen-bond donors (Lipinski definition) is 2. The quantitative estimate of drug-likeness (QED) is 0.729. The topological polar surface area (TPSA) is 24.1 Å². The molecule has 2 aromatic carbocycles. The highest BCUT2D eigenvalue weighted by Gasteiger charge is 2.32. The first-order chi connectivity index (χ1) is 10.7. The maximum Gasteiger partial charge on any atom is 0.108 e. The van der Waals surface area contributed by atoms with Crippen LogP contribution in [0.4, 0.5) is 11.4 Å². The summed E-state index contributed by atoms with van der Waals surface area (Å²) in [6, 6.07) is 17.3. The SMILES string of the molecule is Cc1ccc(NC2(Nc3ccccc3C)CCCCC2)cc1. The normalized spacial score (nSPS) is 17.0. The summed E-state index contributed by atoms with van der Waals surface area (Å²) in [5.41, 5.74) is 5.02. The number of anilines is 2. The van der Waals surface area contributed by atoms with Crippen molar-refractivity contribution in [3.63, 3.8) is 0 Å². The Kier molecular flexibility index (Phi) is 4.37. The van der Waals surface area contributed by atoms with Gasteiger partial charge in [0.05, 0.1) is 0 Å². The molecule has 0 bridgehead atoms. The first-order valence-electron chi connectivity index (χ1n) is 8.36. The summed E-state index contributed by atoms with van der Waals surface area (Å²) in [5, 5.41) is 7.60. The second kappa shape index (κ2) is 6.43. The number of rotatable bonds is 4. The average molecular weight is 294 g/mol. The van der Waals surface area contributed by atoms with Crippen molar-refractivity contribution < 1.29 is 0 Å². The Hall–Kier alpha value is -1.96. The molecule has 2 N–H and O–H groups in total. The third kappa shape index (κ3) is 3.44. The lowest BCUT2D eigenvalue weighted by atomic mass is 9.88. The molecule has 1 aliphatic carbocycles. The Labute approximate surface area is 134 Å². The van der Waals surface area contributed by atoms with Crippen LogP contribution in [0.3, 0.4) is 0 Å². The molecule has 0 aliphatic heterocycles. The minimum atomic E-state index is -0.0282. The molecule has 0 atom stereocenters. The molecule has 1 aliphatic rings. The largest absolute Gasteiger partial charge is 0.363 e. The number of aryl methyl sites for hydroxylation is 2. The highest BCUT2D eigenvalue weighted by molar-refractivity contribution is 5.56.